The highest BCUT2D eigenvalue weighted by molar-refractivity contribution is 5.87. The van der Waals surface area contributed by atoms with Crippen molar-refractivity contribution < 1.29 is 14.3 Å². The van der Waals surface area contributed by atoms with Gasteiger partial charge in [0.05, 0.1) is 24.2 Å². The lowest BCUT2D eigenvalue weighted by molar-refractivity contribution is -0.114. The Balaban J connectivity index is 1.47. The minimum atomic E-state index is -0.120. The summed E-state index contributed by atoms with van der Waals surface area (Å²) in [6.07, 6.45) is 1.75. The standard InChI is InChI=1S/C26H33N9O3/c1-17(16-36)15-34-10-9-20(34)38-26-28-21-22(32(26)4)29-24(30-23(21)33-11-13-37-14-12-33)35-19-8-6-5-7-18(19)27-25(35)31(2)3/h5-8,16-17,20H,9-15H2,1-4H3. The Hall–Kier alpha value is -3.77. The summed E-state index contributed by atoms with van der Waals surface area (Å²) < 4.78 is 15.8. The van der Waals surface area contributed by atoms with Gasteiger partial charge >= 0.3 is 0 Å². The van der Waals surface area contributed by atoms with E-state index in [4.69, 9.17) is 29.4 Å². The zero-order valence-corrected chi connectivity index (χ0v) is 22.2. The van der Waals surface area contributed by atoms with Gasteiger partial charge < -0.3 is 24.1 Å². The normalized spacial score (nSPS) is 19.1. The number of hydrogen-bond acceptors (Lipinski definition) is 10. The lowest BCUT2D eigenvalue weighted by Gasteiger charge is -2.40. The molecule has 12 heteroatoms. The van der Waals surface area contributed by atoms with Crippen LogP contribution in [-0.4, -0.2) is 100.0 Å². The van der Waals surface area contributed by atoms with E-state index in [1.807, 2.05) is 66.4 Å². The van der Waals surface area contributed by atoms with Gasteiger partial charge in [0, 0.05) is 59.7 Å². The number of nitrogens with zero attached hydrogens (tertiary/aromatic N) is 9. The number of likely N-dealkylation sites (tertiary alicyclic amines) is 1. The summed E-state index contributed by atoms with van der Waals surface area (Å²) in [5, 5.41) is 0. The van der Waals surface area contributed by atoms with Crippen LogP contribution in [0, 0.1) is 5.92 Å². The molecule has 0 aliphatic carbocycles. The van der Waals surface area contributed by atoms with Gasteiger partial charge in [-0.05, 0) is 12.1 Å². The van der Waals surface area contributed by atoms with E-state index in [0.717, 1.165) is 42.1 Å². The molecule has 0 spiro atoms. The summed E-state index contributed by atoms with van der Waals surface area (Å²) in [6, 6.07) is 8.48. The summed E-state index contributed by atoms with van der Waals surface area (Å²) in [5.41, 5.74) is 3.17. The molecule has 3 aromatic heterocycles. The van der Waals surface area contributed by atoms with E-state index in [-0.39, 0.29) is 12.1 Å². The van der Waals surface area contributed by atoms with Gasteiger partial charge in [-0.3, -0.25) is 9.47 Å². The van der Waals surface area contributed by atoms with Crippen LogP contribution in [0.15, 0.2) is 24.3 Å². The Morgan fingerprint density at radius 1 is 1.13 bits per heavy atom. The van der Waals surface area contributed by atoms with Gasteiger partial charge in [0.2, 0.25) is 11.9 Å². The van der Waals surface area contributed by atoms with E-state index in [0.29, 0.717) is 56.0 Å². The van der Waals surface area contributed by atoms with E-state index in [2.05, 4.69) is 9.80 Å². The molecule has 2 aliphatic heterocycles. The third-order valence-electron chi connectivity index (χ3n) is 7.17. The first-order chi connectivity index (χ1) is 18.4. The Morgan fingerprint density at radius 2 is 1.92 bits per heavy atom. The molecule has 0 radical (unpaired) electrons. The summed E-state index contributed by atoms with van der Waals surface area (Å²) in [4.78, 5) is 37.3. The molecule has 2 atom stereocenters. The monoisotopic (exact) mass is 519 g/mol. The zero-order valence-electron chi connectivity index (χ0n) is 22.2. The first kappa shape index (κ1) is 24.6. The zero-order chi connectivity index (χ0) is 26.4. The van der Waals surface area contributed by atoms with Crippen LogP contribution in [-0.2, 0) is 16.6 Å². The number of aryl methyl sites for hydroxylation is 1. The van der Waals surface area contributed by atoms with Crippen LogP contribution in [0.5, 0.6) is 6.01 Å². The van der Waals surface area contributed by atoms with Gasteiger partial charge in [-0.1, -0.05) is 19.1 Å². The minimum absolute atomic E-state index is 0.0425. The van der Waals surface area contributed by atoms with E-state index in [1.54, 1.807) is 0 Å². The molecule has 1 aromatic carbocycles. The second-order valence-electron chi connectivity index (χ2n) is 10.2. The maximum atomic E-state index is 11.2. The van der Waals surface area contributed by atoms with E-state index in [1.165, 1.54) is 0 Å². The van der Waals surface area contributed by atoms with Crippen LogP contribution >= 0.6 is 0 Å². The van der Waals surface area contributed by atoms with Gasteiger partial charge in [0.1, 0.15) is 6.29 Å². The molecule has 200 valence electrons. The van der Waals surface area contributed by atoms with Crippen LogP contribution < -0.4 is 14.5 Å². The highest BCUT2D eigenvalue weighted by Crippen LogP contribution is 2.32. The number of aldehydes is 1. The van der Waals surface area contributed by atoms with Crippen molar-refractivity contribution in [2.24, 2.45) is 13.0 Å². The molecule has 2 unspecified atom stereocenters. The quantitative estimate of drug-likeness (QED) is 0.320. The molecule has 6 rings (SSSR count). The lowest BCUT2D eigenvalue weighted by atomic mass is 10.1. The predicted molar refractivity (Wildman–Crippen MR) is 144 cm³/mol. The number of hydrogen-bond donors (Lipinski definition) is 0. The molecule has 2 saturated heterocycles. The molecule has 2 aliphatic rings. The molecule has 2 fully saturated rings. The number of morpholine rings is 1. The van der Waals surface area contributed by atoms with Gasteiger partial charge in [0.15, 0.2) is 23.2 Å². The number of ether oxygens (including phenoxy) is 2. The fourth-order valence-electron chi connectivity index (χ4n) is 5.02. The van der Waals surface area contributed by atoms with Crippen molar-refractivity contribution in [3.05, 3.63) is 24.3 Å². The number of aromatic nitrogens is 6. The minimum Gasteiger partial charge on any atom is -0.445 e. The van der Waals surface area contributed by atoms with Crippen molar-refractivity contribution in [3.8, 4) is 12.0 Å². The number of rotatable bonds is 8. The average molecular weight is 520 g/mol. The molecule has 12 nitrogen and oxygen atoms in total. The SMILES string of the molecule is CC(C=O)CN1CCC1Oc1nc2c(N3CCOCC3)nc(-n3c(N(C)C)nc4ccccc43)nc2n1C. The third kappa shape index (κ3) is 4.23. The number of fused-ring (bicyclic) bond motifs is 2. The fourth-order valence-corrected chi connectivity index (χ4v) is 5.02. The van der Waals surface area contributed by atoms with Crippen molar-refractivity contribution >= 4 is 40.2 Å². The van der Waals surface area contributed by atoms with Gasteiger partial charge in [0.25, 0.3) is 6.01 Å². The van der Waals surface area contributed by atoms with Crippen molar-refractivity contribution in [1.82, 2.24) is 34.0 Å². The number of carbonyl (C=O) groups is 1. The number of imidazole rings is 2. The van der Waals surface area contributed by atoms with Crippen LogP contribution in [0.3, 0.4) is 0 Å². The second-order valence-corrected chi connectivity index (χ2v) is 10.2. The van der Waals surface area contributed by atoms with Crippen LogP contribution in [0.1, 0.15) is 13.3 Å². The average Bonchev–Trinajstić information content (AvgIpc) is 3.47. The number of para-hydroxylation sites is 2. The summed E-state index contributed by atoms with van der Waals surface area (Å²) in [5.74, 6) is 1.97. The van der Waals surface area contributed by atoms with Gasteiger partial charge in [-0.25, -0.2) is 9.55 Å². The van der Waals surface area contributed by atoms with Crippen LogP contribution in [0.4, 0.5) is 11.8 Å². The maximum Gasteiger partial charge on any atom is 0.300 e. The molecule has 0 bridgehead atoms. The topological polar surface area (TPSA) is 107 Å². The Labute approximate surface area is 220 Å². The Bertz CT molecular complexity index is 1470. The highest BCUT2D eigenvalue weighted by atomic mass is 16.5. The van der Waals surface area contributed by atoms with E-state index in [9.17, 15) is 4.79 Å². The smallest absolute Gasteiger partial charge is 0.300 e. The fraction of sp³-hybridized carbons (Fsp3) is 0.500. The van der Waals surface area contributed by atoms with Gasteiger partial charge in [-0.15, -0.1) is 0 Å². The molecular weight excluding hydrogens is 486 g/mol. The molecule has 4 aromatic rings. The van der Waals surface area contributed by atoms with Crippen LogP contribution in [0.25, 0.3) is 28.1 Å². The van der Waals surface area contributed by atoms with Crippen LogP contribution in [0.2, 0.25) is 0 Å². The first-order valence-electron chi connectivity index (χ1n) is 13.0. The Kier molecular flexibility index (Phi) is 6.36. The molecule has 5 heterocycles. The number of benzene rings is 1. The molecule has 0 amide bonds. The summed E-state index contributed by atoms with van der Waals surface area (Å²) in [7, 11) is 5.84. The maximum absolute atomic E-state index is 11.2. The van der Waals surface area contributed by atoms with E-state index < -0.39 is 0 Å². The number of carbonyl (C=O) groups excluding carboxylic acids is 1. The summed E-state index contributed by atoms with van der Waals surface area (Å²) >= 11 is 0. The van der Waals surface area contributed by atoms with Gasteiger partial charge in [-0.2, -0.15) is 15.0 Å². The largest absolute Gasteiger partial charge is 0.445 e. The van der Waals surface area contributed by atoms with Crippen molar-refractivity contribution in [1.29, 1.82) is 0 Å². The lowest BCUT2D eigenvalue weighted by Crippen LogP contribution is -2.52. The van der Waals surface area contributed by atoms with Crippen molar-refractivity contribution in [3.63, 3.8) is 0 Å². The number of anilines is 2. The summed E-state index contributed by atoms with van der Waals surface area (Å²) in [6.45, 7) is 6.16. The first-order valence-corrected chi connectivity index (χ1v) is 13.0. The van der Waals surface area contributed by atoms with Crippen molar-refractivity contribution in [2.45, 2.75) is 19.6 Å². The Morgan fingerprint density at radius 3 is 2.63 bits per heavy atom. The molecular formula is C26H33N9O3. The predicted octanol–water partition coefficient (Wildman–Crippen LogP) is 1.85. The molecule has 0 saturated carbocycles. The van der Waals surface area contributed by atoms with E-state index >= 15 is 0 Å². The second kappa shape index (κ2) is 9.84. The third-order valence-corrected chi connectivity index (χ3v) is 7.17. The molecule has 0 N–H and O–H groups in total. The molecule has 38 heavy (non-hydrogen) atoms. The van der Waals surface area contributed by atoms with Crippen molar-refractivity contribution in [2.75, 3.05) is 63.3 Å². The highest BCUT2D eigenvalue weighted by Gasteiger charge is 2.33.